The van der Waals surface area contributed by atoms with Crippen molar-refractivity contribution >= 4 is 26.7 Å². The van der Waals surface area contributed by atoms with E-state index in [1.54, 1.807) is 18.4 Å². The van der Waals surface area contributed by atoms with E-state index in [1.807, 2.05) is 6.07 Å². The smallest absolute Gasteiger partial charge is 0.128 e. The van der Waals surface area contributed by atoms with Crippen molar-refractivity contribution in [3.05, 3.63) is 22.8 Å². The minimum absolute atomic E-state index is 0.606. The van der Waals surface area contributed by atoms with Crippen molar-refractivity contribution < 1.29 is 4.21 Å². The Labute approximate surface area is 70.3 Å². The highest BCUT2D eigenvalue weighted by Gasteiger charge is 1.97. The molecule has 0 spiro atoms. The predicted octanol–water partition coefficient (Wildman–Crippen LogP) is 1.58. The Morgan fingerprint density at radius 3 is 2.70 bits per heavy atom. The van der Waals surface area contributed by atoms with E-state index in [-0.39, 0.29) is 0 Å². The van der Waals surface area contributed by atoms with E-state index in [4.69, 9.17) is 0 Å². The van der Waals surface area contributed by atoms with Gasteiger partial charge in [-0.1, -0.05) is 6.07 Å². The van der Waals surface area contributed by atoms with Crippen molar-refractivity contribution in [2.75, 3.05) is 6.26 Å². The molecule has 1 atom stereocenters. The summed E-state index contributed by atoms with van der Waals surface area (Å²) < 4.78 is 11.5. The summed E-state index contributed by atoms with van der Waals surface area (Å²) in [6, 6.07) is 5.35. The van der Waals surface area contributed by atoms with Crippen molar-refractivity contribution in [2.45, 2.75) is 5.03 Å². The van der Waals surface area contributed by atoms with Crippen molar-refractivity contribution in [3.8, 4) is 0 Å². The second-order valence-corrected chi connectivity index (χ2v) is 3.89. The van der Waals surface area contributed by atoms with E-state index < -0.39 is 10.8 Å². The third-order valence-corrected chi connectivity index (χ3v) is 2.24. The zero-order valence-corrected chi connectivity index (χ0v) is 7.78. The molecule has 0 aromatic carbocycles. The van der Waals surface area contributed by atoms with Gasteiger partial charge in [0.15, 0.2) is 0 Å². The number of aromatic nitrogens is 1. The molecule has 54 valence electrons. The van der Waals surface area contributed by atoms with E-state index in [9.17, 15) is 4.21 Å². The fourth-order valence-corrected chi connectivity index (χ4v) is 1.51. The first-order valence-electron chi connectivity index (χ1n) is 2.66. The Bertz CT molecular complexity index is 264. The Hall–Kier alpha value is -0.220. The van der Waals surface area contributed by atoms with Gasteiger partial charge in [0.05, 0.1) is 10.8 Å². The lowest BCUT2D eigenvalue weighted by atomic mass is 10.5. The number of hydrogen-bond donors (Lipinski definition) is 0. The number of nitrogens with zero attached hydrogens (tertiary/aromatic N) is 1. The van der Waals surface area contributed by atoms with Crippen LogP contribution in [0, 0.1) is 0 Å². The normalized spacial score (nSPS) is 13.0. The van der Waals surface area contributed by atoms with Gasteiger partial charge in [-0.2, -0.15) is 0 Å². The van der Waals surface area contributed by atoms with Gasteiger partial charge in [-0.05, 0) is 28.1 Å². The van der Waals surface area contributed by atoms with Gasteiger partial charge in [0, 0.05) is 6.26 Å². The molecule has 0 aliphatic carbocycles. The van der Waals surface area contributed by atoms with E-state index in [0.717, 1.165) is 4.60 Å². The first kappa shape index (κ1) is 7.88. The van der Waals surface area contributed by atoms with Crippen LogP contribution in [0.2, 0.25) is 0 Å². The molecule has 1 aromatic heterocycles. The third kappa shape index (κ3) is 1.88. The fraction of sp³-hybridized carbons (Fsp3) is 0.167. The summed E-state index contributed by atoms with van der Waals surface area (Å²) >= 11 is 3.18. The van der Waals surface area contributed by atoms with Crippen LogP contribution in [-0.2, 0) is 10.8 Å². The van der Waals surface area contributed by atoms with Gasteiger partial charge in [-0.3, -0.25) is 4.21 Å². The maximum absolute atomic E-state index is 10.8. The van der Waals surface area contributed by atoms with Crippen LogP contribution >= 0.6 is 15.9 Å². The van der Waals surface area contributed by atoms with Gasteiger partial charge in [0.25, 0.3) is 0 Å². The van der Waals surface area contributed by atoms with Crippen LogP contribution in [0.15, 0.2) is 27.8 Å². The summed E-state index contributed by atoms with van der Waals surface area (Å²) in [6.07, 6.45) is 1.61. The average Bonchev–Trinajstić information content (AvgIpc) is 1.88. The highest BCUT2D eigenvalue weighted by molar-refractivity contribution is 9.10. The van der Waals surface area contributed by atoms with Gasteiger partial charge in [-0.15, -0.1) is 0 Å². The lowest BCUT2D eigenvalue weighted by Gasteiger charge is -1.93. The van der Waals surface area contributed by atoms with Crippen LogP contribution in [0.5, 0.6) is 0 Å². The molecule has 0 radical (unpaired) electrons. The molecular formula is C6H6BrNOS. The standard InChI is InChI=1S/C6H6BrNOS/c1-10(9)6-4-2-3-5(7)8-6/h2-4H,1H3. The monoisotopic (exact) mass is 219 g/mol. The van der Waals surface area contributed by atoms with Crippen LogP contribution in [0.25, 0.3) is 0 Å². The molecule has 0 bridgehead atoms. The van der Waals surface area contributed by atoms with Gasteiger partial charge in [0.1, 0.15) is 9.63 Å². The summed E-state index contributed by atoms with van der Waals surface area (Å²) in [5.74, 6) is 0. The number of hydrogen-bond acceptors (Lipinski definition) is 2. The number of halogens is 1. The predicted molar refractivity (Wildman–Crippen MR) is 44.3 cm³/mol. The summed E-state index contributed by atoms with van der Waals surface area (Å²) in [5.41, 5.74) is 0. The van der Waals surface area contributed by atoms with Crippen LogP contribution in [0.3, 0.4) is 0 Å². The van der Waals surface area contributed by atoms with Crippen LogP contribution in [-0.4, -0.2) is 15.4 Å². The lowest BCUT2D eigenvalue weighted by Crippen LogP contribution is -1.90. The first-order valence-corrected chi connectivity index (χ1v) is 5.01. The molecule has 4 heteroatoms. The molecular weight excluding hydrogens is 214 g/mol. The van der Waals surface area contributed by atoms with Gasteiger partial charge in [-0.25, -0.2) is 4.98 Å². The number of rotatable bonds is 1. The van der Waals surface area contributed by atoms with Gasteiger partial charge >= 0.3 is 0 Å². The van der Waals surface area contributed by atoms with E-state index in [0.29, 0.717) is 5.03 Å². The summed E-state index contributed by atoms with van der Waals surface area (Å²) in [5, 5.41) is 0.606. The molecule has 1 rings (SSSR count). The Balaban J connectivity index is 3.07. The molecule has 0 aliphatic rings. The molecule has 1 unspecified atom stereocenters. The van der Waals surface area contributed by atoms with Crippen molar-refractivity contribution in [1.82, 2.24) is 4.98 Å². The molecule has 0 saturated heterocycles. The minimum Gasteiger partial charge on any atom is -0.253 e. The summed E-state index contributed by atoms with van der Waals surface area (Å²) in [6.45, 7) is 0. The second-order valence-electron chi connectivity index (χ2n) is 1.75. The highest BCUT2D eigenvalue weighted by atomic mass is 79.9. The molecule has 1 heterocycles. The summed E-state index contributed by atoms with van der Waals surface area (Å²) in [7, 11) is -0.980. The quantitative estimate of drug-likeness (QED) is 0.672. The summed E-state index contributed by atoms with van der Waals surface area (Å²) in [4.78, 5) is 3.99. The zero-order valence-electron chi connectivity index (χ0n) is 5.37. The van der Waals surface area contributed by atoms with Crippen molar-refractivity contribution in [3.63, 3.8) is 0 Å². The fourth-order valence-electron chi connectivity index (χ4n) is 0.550. The Morgan fingerprint density at radius 2 is 2.30 bits per heavy atom. The molecule has 10 heavy (non-hydrogen) atoms. The van der Waals surface area contributed by atoms with E-state index in [2.05, 4.69) is 20.9 Å². The average molecular weight is 220 g/mol. The van der Waals surface area contributed by atoms with Crippen LogP contribution in [0.1, 0.15) is 0 Å². The molecule has 0 N–H and O–H groups in total. The maximum atomic E-state index is 10.8. The van der Waals surface area contributed by atoms with Crippen LogP contribution < -0.4 is 0 Å². The Morgan fingerprint density at radius 1 is 1.60 bits per heavy atom. The van der Waals surface area contributed by atoms with E-state index >= 15 is 0 Å². The largest absolute Gasteiger partial charge is 0.253 e. The zero-order chi connectivity index (χ0) is 7.56. The lowest BCUT2D eigenvalue weighted by molar-refractivity contribution is 0.684. The SMILES string of the molecule is CS(=O)c1cccc(Br)n1. The Kier molecular flexibility index (Phi) is 2.56. The maximum Gasteiger partial charge on any atom is 0.128 e. The van der Waals surface area contributed by atoms with Crippen molar-refractivity contribution in [1.29, 1.82) is 0 Å². The topological polar surface area (TPSA) is 30.0 Å². The van der Waals surface area contributed by atoms with Gasteiger partial charge < -0.3 is 0 Å². The molecule has 0 saturated carbocycles. The molecule has 1 aromatic rings. The number of pyridine rings is 1. The highest BCUT2D eigenvalue weighted by Crippen LogP contribution is 2.07. The van der Waals surface area contributed by atoms with Crippen LogP contribution in [0.4, 0.5) is 0 Å². The third-order valence-electron chi connectivity index (χ3n) is 0.984. The van der Waals surface area contributed by atoms with Gasteiger partial charge in [0.2, 0.25) is 0 Å². The van der Waals surface area contributed by atoms with E-state index in [1.165, 1.54) is 0 Å². The second kappa shape index (κ2) is 3.25. The molecule has 0 fully saturated rings. The minimum atomic E-state index is -0.980. The first-order chi connectivity index (χ1) is 4.70. The molecule has 0 aliphatic heterocycles. The van der Waals surface area contributed by atoms with Crippen molar-refractivity contribution in [2.24, 2.45) is 0 Å². The molecule has 2 nitrogen and oxygen atoms in total. The molecule has 0 amide bonds.